The summed E-state index contributed by atoms with van der Waals surface area (Å²) in [5, 5.41) is 15.2. The van der Waals surface area contributed by atoms with Crippen molar-refractivity contribution in [1.82, 2.24) is 4.90 Å². The third-order valence-corrected chi connectivity index (χ3v) is 5.41. The van der Waals surface area contributed by atoms with Crippen LogP contribution in [-0.4, -0.2) is 42.3 Å². The Morgan fingerprint density at radius 1 is 1.16 bits per heavy atom. The van der Waals surface area contributed by atoms with Gasteiger partial charge in [0.1, 0.15) is 28.9 Å². The lowest BCUT2D eigenvalue weighted by atomic mass is 10.1. The Hall–Kier alpha value is -3.52. The zero-order valence-electron chi connectivity index (χ0n) is 17.5. The fourth-order valence-electron chi connectivity index (χ4n) is 3.67. The molecular formula is C23H25N3O5. The second kappa shape index (κ2) is 8.69. The number of aryl methyl sites for hydroxylation is 1. The van der Waals surface area contributed by atoms with Crippen molar-refractivity contribution >= 4 is 28.4 Å². The number of carbonyl (C=O) groups excluding carboxylic acids is 1. The van der Waals surface area contributed by atoms with Crippen molar-refractivity contribution in [3.05, 3.63) is 58.4 Å². The topological polar surface area (TPSA) is 104 Å². The van der Waals surface area contributed by atoms with Crippen molar-refractivity contribution in [3.63, 3.8) is 0 Å². The molecule has 2 aromatic carbocycles. The zero-order valence-corrected chi connectivity index (χ0v) is 17.5. The lowest BCUT2D eigenvalue weighted by Gasteiger charge is -2.29. The second-order valence-electron chi connectivity index (χ2n) is 7.80. The van der Waals surface area contributed by atoms with Gasteiger partial charge in [-0.15, -0.1) is 0 Å². The summed E-state index contributed by atoms with van der Waals surface area (Å²) in [7, 11) is 2.10. The first-order valence-corrected chi connectivity index (χ1v) is 10.2. The van der Waals surface area contributed by atoms with Gasteiger partial charge in [0.05, 0.1) is 0 Å². The summed E-state index contributed by atoms with van der Waals surface area (Å²) >= 11 is 0. The van der Waals surface area contributed by atoms with Crippen molar-refractivity contribution in [2.75, 3.05) is 30.8 Å². The van der Waals surface area contributed by atoms with Crippen LogP contribution in [-0.2, 0) is 0 Å². The van der Waals surface area contributed by atoms with Gasteiger partial charge < -0.3 is 29.8 Å². The third kappa shape index (κ3) is 4.80. The fraction of sp³-hybridized carbons (Fsp3) is 0.304. The van der Waals surface area contributed by atoms with Crippen molar-refractivity contribution in [3.8, 4) is 11.5 Å². The van der Waals surface area contributed by atoms with E-state index < -0.39 is 11.7 Å². The maximum Gasteiger partial charge on any atom is 0.360 e. The Bertz CT molecular complexity index is 1170. The Morgan fingerprint density at radius 3 is 2.68 bits per heavy atom. The number of carbonyl (C=O) groups is 1. The maximum absolute atomic E-state index is 12.5. The van der Waals surface area contributed by atoms with Crippen LogP contribution in [0.15, 0.2) is 51.7 Å². The summed E-state index contributed by atoms with van der Waals surface area (Å²) in [6, 6.07) is 10.8. The number of ether oxygens (including phenoxy) is 1. The lowest BCUT2D eigenvalue weighted by Crippen LogP contribution is -2.35. The SMILES string of the molecule is Cc1c(OC2CCN(C)CC2)ccc2cc(NC(=O)Nc3cccc(O)c3)c(=O)oc12. The first-order valence-electron chi connectivity index (χ1n) is 10.2. The molecule has 1 fully saturated rings. The Morgan fingerprint density at radius 2 is 1.94 bits per heavy atom. The Balaban J connectivity index is 1.52. The van der Waals surface area contributed by atoms with Crippen LogP contribution in [0.4, 0.5) is 16.2 Å². The van der Waals surface area contributed by atoms with E-state index in [0.717, 1.165) is 31.5 Å². The average molecular weight is 423 g/mol. The normalized spacial score (nSPS) is 15.0. The summed E-state index contributed by atoms with van der Waals surface area (Å²) < 4.78 is 11.7. The van der Waals surface area contributed by atoms with Crippen LogP contribution < -0.4 is 21.0 Å². The molecule has 0 radical (unpaired) electrons. The lowest BCUT2D eigenvalue weighted by molar-refractivity contribution is 0.113. The van der Waals surface area contributed by atoms with Gasteiger partial charge in [0.25, 0.3) is 0 Å². The minimum absolute atomic E-state index is 0.0218. The predicted molar refractivity (Wildman–Crippen MR) is 119 cm³/mol. The summed E-state index contributed by atoms with van der Waals surface area (Å²) in [6.07, 6.45) is 2.05. The van der Waals surface area contributed by atoms with Crippen molar-refractivity contribution in [2.24, 2.45) is 0 Å². The van der Waals surface area contributed by atoms with E-state index >= 15 is 0 Å². The molecule has 2 amide bonds. The van der Waals surface area contributed by atoms with Gasteiger partial charge in [-0.25, -0.2) is 9.59 Å². The molecule has 8 heteroatoms. The molecule has 4 rings (SSSR count). The van der Waals surface area contributed by atoms with E-state index in [1.54, 1.807) is 18.2 Å². The highest BCUT2D eigenvalue weighted by atomic mass is 16.5. The third-order valence-electron chi connectivity index (χ3n) is 5.41. The van der Waals surface area contributed by atoms with Gasteiger partial charge in [0.15, 0.2) is 0 Å². The molecule has 3 aromatic rings. The number of hydrogen-bond donors (Lipinski definition) is 3. The molecule has 1 aliphatic heterocycles. The molecule has 0 spiro atoms. The van der Waals surface area contributed by atoms with E-state index in [1.807, 2.05) is 19.1 Å². The van der Waals surface area contributed by atoms with Crippen LogP contribution in [0.5, 0.6) is 11.5 Å². The quantitative estimate of drug-likeness (QED) is 0.550. The van der Waals surface area contributed by atoms with Gasteiger partial charge in [-0.2, -0.15) is 0 Å². The largest absolute Gasteiger partial charge is 0.508 e. The number of nitrogens with one attached hydrogen (secondary N) is 2. The molecule has 1 aromatic heterocycles. The Kier molecular flexibility index (Phi) is 5.81. The number of phenolic OH excluding ortho intramolecular Hbond substituents is 1. The minimum atomic E-state index is -0.655. The first-order chi connectivity index (χ1) is 14.9. The number of rotatable bonds is 4. The zero-order chi connectivity index (χ0) is 22.0. The van der Waals surface area contributed by atoms with E-state index in [2.05, 4.69) is 22.6 Å². The number of nitrogens with zero attached hydrogens (tertiary/aromatic N) is 1. The minimum Gasteiger partial charge on any atom is -0.508 e. The van der Waals surface area contributed by atoms with Gasteiger partial charge >= 0.3 is 11.7 Å². The number of urea groups is 1. The van der Waals surface area contributed by atoms with Crippen molar-refractivity contribution < 1.29 is 19.1 Å². The molecule has 0 saturated carbocycles. The van der Waals surface area contributed by atoms with E-state index in [-0.39, 0.29) is 17.5 Å². The molecule has 1 saturated heterocycles. The van der Waals surface area contributed by atoms with Crippen LogP contribution in [0.25, 0.3) is 11.0 Å². The Labute approximate surface area is 179 Å². The van der Waals surface area contributed by atoms with Crippen LogP contribution in [0.3, 0.4) is 0 Å². The number of hydrogen-bond acceptors (Lipinski definition) is 6. The molecule has 3 N–H and O–H groups in total. The summed E-state index contributed by atoms with van der Waals surface area (Å²) in [6.45, 7) is 3.84. The number of fused-ring (bicyclic) bond motifs is 1. The molecule has 1 aliphatic rings. The fourth-order valence-corrected chi connectivity index (χ4v) is 3.67. The standard InChI is InChI=1S/C23H25N3O5/c1-14-20(30-18-8-10-26(2)11-9-18)7-6-15-12-19(22(28)31-21(14)15)25-23(29)24-16-4-3-5-17(27)13-16/h3-7,12-13,18,27H,8-11H2,1-2H3,(H2,24,25,29). The molecule has 31 heavy (non-hydrogen) atoms. The van der Waals surface area contributed by atoms with Crippen molar-refractivity contribution in [2.45, 2.75) is 25.9 Å². The highest BCUT2D eigenvalue weighted by Crippen LogP contribution is 2.30. The highest BCUT2D eigenvalue weighted by Gasteiger charge is 2.20. The smallest absolute Gasteiger partial charge is 0.360 e. The van der Waals surface area contributed by atoms with Crippen LogP contribution in [0.1, 0.15) is 18.4 Å². The van der Waals surface area contributed by atoms with E-state index in [1.165, 1.54) is 12.1 Å². The average Bonchev–Trinajstić information content (AvgIpc) is 2.73. The van der Waals surface area contributed by atoms with Gasteiger partial charge in [0, 0.05) is 35.8 Å². The van der Waals surface area contributed by atoms with Crippen LogP contribution >= 0.6 is 0 Å². The molecule has 0 atom stereocenters. The van der Waals surface area contributed by atoms with Gasteiger partial charge in [-0.1, -0.05) is 6.07 Å². The molecule has 0 aliphatic carbocycles. The number of amides is 2. The number of piperidine rings is 1. The molecule has 162 valence electrons. The summed E-state index contributed by atoms with van der Waals surface area (Å²) in [5.74, 6) is 0.726. The number of anilines is 2. The highest BCUT2D eigenvalue weighted by molar-refractivity contribution is 6.00. The van der Waals surface area contributed by atoms with E-state index in [4.69, 9.17) is 9.15 Å². The second-order valence-corrected chi connectivity index (χ2v) is 7.80. The van der Waals surface area contributed by atoms with Gasteiger partial charge in [-0.05, 0) is 57.1 Å². The molecule has 2 heterocycles. The van der Waals surface area contributed by atoms with Gasteiger partial charge in [0.2, 0.25) is 0 Å². The summed E-state index contributed by atoms with van der Waals surface area (Å²) in [5.41, 5.74) is 0.958. The number of likely N-dealkylation sites (tertiary alicyclic amines) is 1. The molecule has 0 unspecified atom stereocenters. The predicted octanol–water partition coefficient (Wildman–Crippen LogP) is 3.92. The molecule has 0 bridgehead atoms. The summed E-state index contributed by atoms with van der Waals surface area (Å²) in [4.78, 5) is 27.0. The van der Waals surface area contributed by atoms with Crippen molar-refractivity contribution in [1.29, 1.82) is 0 Å². The van der Waals surface area contributed by atoms with E-state index in [9.17, 15) is 14.7 Å². The monoisotopic (exact) mass is 423 g/mol. The number of phenols is 1. The molecular weight excluding hydrogens is 398 g/mol. The van der Waals surface area contributed by atoms with E-state index in [0.29, 0.717) is 22.4 Å². The molecule has 8 nitrogen and oxygen atoms in total. The maximum atomic E-state index is 12.5. The number of aromatic hydroxyl groups is 1. The van der Waals surface area contributed by atoms with Crippen LogP contribution in [0, 0.1) is 6.92 Å². The first kappa shape index (κ1) is 20.7. The van der Waals surface area contributed by atoms with Crippen LogP contribution in [0.2, 0.25) is 0 Å². The van der Waals surface area contributed by atoms with Gasteiger partial charge in [-0.3, -0.25) is 0 Å². The number of benzene rings is 2.